The molecule has 116 valence electrons. The second-order valence-electron chi connectivity index (χ2n) is 5.02. The SMILES string of the molecule is CC(=O)NC(C(=O)NCCSc1ccc(Cl)cc1)C(C)C. The monoisotopic (exact) mass is 328 g/mol. The number of carbonyl (C=O) groups is 2. The Bertz CT molecular complexity index is 477. The number of amides is 2. The molecule has 0 spiro atoms. The fraction of sp³-hybridized carbons (Fsp3) is 0.467. The number of thioether (sulfide) groups is 1. The molecule has 0 saturated heterocycles. The van der Waals surface area contributed by atoms with Crippen molar-refractivity contribution in [3.05, 3.63) is 29.3 Å². The van der Waals surface area contributed by atoms with Gasteiger partial charge in [0.05, 0.1) is 0 Å². The van der Waals surface area contributed by atoms with Gasteiger partial charge in [-0.1, -0.05) is 25.4 Å². The first-order valence-corrected chi connectivity index (χ1v) is 8.19. The Morgan fingerprint density at radius 3 is 2.38 bits per heavy atom. The molecule has 0 bridgehead atoms. The first-order valence-electron chi connectivity index (χ1n) is 6.83. The standard InChI is InChI=1S/C15H21ClN2O2S/c1-10(2)14(18-11(3)19)15(20)17-8-9-21-13-6-4-12(16)5-7-13/h4-7,10,14H,8-9H2,1-3H3,(H,17,20)(H,18,19). The first-order chi connectivity index (χ1) is 9.90. The predicted octanol–water partition coefficient (Wildman–Crippen LogP) is 2.71. The molecular weight excluding hydrogens is 308 g/mol. The van der Waals surface area contributed by atoms with E-state index in [-0.39, 0.29) is 17.7 Å². The maximum Gasteiger partial charge on any atom is 0.242 e. The van der Waals surface area contributed by atoms with Gasteiger partial charge in [-0.25, -0.2) is 0 Å². The lowest BCUT2D eigenvalue weighted by Crippen LogP contribution is -2.49. The number of rotatable bonds is 7. The Labute approximate surface area is 135 Å². The largest absolute Gasteiger partial charge is 0.353 e. The Balaban J connectivity index is 2.34. The van der Waals surface area contributed by atoms with Gasteiger partial charge in [-0.05, 0) is 30.2 Å². The molecule has 4 nitrogen and oxygen atoms in total. The highest BCUT2D eigenvalue weighted by Crippen LogP contribution is 2.19. The topological polar surface area (TPSA) is 58.2 Å². The van der Waals surface area contributed by atoms with Crippen molar-refractivity contribution < 1.29 is 9.59 Å². The minimum atomic E-state index is -0.483. The van der Waals surface area contributed by atoms with E-state index >= 15 is 0 Å². The lowest BCUT2D eigenvalue weighted by molar-refractivity contribution is -0.129. The van der Waals surface area contributed by atoms with E-state index in [0.29, 0.717) is 11.6 Å². The zero-order valence-electron chi connectivity index (χ0n) is 12.5. The van der Waals surface area contributed by atoms with Gasteiger partial charge in [0, 0.05) is 29.1 Å². The van der Waals surface area contributed by atoms with Crippen molar-refractivity contribution in [1.29, 1.82) is 0 Å². The summed E-state index contributed by atoms with van der Waals surface area (Å²) in [5.74, 6) is 0.479. The summed E-state index contributed by atoms with van der Waals surface area (Å²) >= 11 is 7.46. The maximum atomic E-state index is 12.0. The molecule has 0 aromatic heterocycles. The van der Waals surface area contributed by atoms with Crippen LogP contribution in [0.2, 0.25) is 5.02 Å². The molecule has 1 rings (SSSR count). The van der Waals surface area contributed by atoms with Crippen LogP contribution in [0.5, 0.6) is 0 Å². The van der Waals surface area contributed by atoms with E-state index in [1.165, 1.54) is 6.92 Å². The molecule has 1 atom stereocenters. The number of hydrogen-bond acceptors (Lipinski definition) is 3. The Morgan fingerprint density at radius 2 is 1.86 bits per heavy atom. The molecule has 0 saturated carbocycles. The summed E-state index contributed by atoms with van der Waals surface area (Å²) in [7, 11) is 0. The number of carbonyl (C=O) groups excluding carboxylic acids is 2. The summed E-state index contributed by atoms with van der Waals surface area (Å²) < 4.78 is 0. The van der Waals surface area contributed by atoms with Gasteiger partial charge in [-0.3, -0.25) is 9.59 Å². The van der Waals surface area contributed by atoms with Crippen molar-refractivity contribution in [1.82, 2.24) is 10.6 Å². The van der Waals surface area contributed by atoms with Gasteiger partial charge in [0.2, 0.25) is 11.8 Å². The van der Waals surface area contributed by atoms with E-state index < -0.39 is 6.04 Å². The summed E-state index contributed by atoms with van der Waals surface area (Å²) in [5.41, 5.74) is 0. The number of halogens is 1. The summed E-state index contributed by atoms with van der Waals surface area (Å²) in [6.07, 6.45) is 0. The second kappa shape index (κ2) is 8.95. The second-order valence-corrected chi connectivity index (χ2v) is 6.62. The smallest absolute Gasteiger partial charge is 0.242 e. The third-order valence-electron chi connectivity index (χ3n) is 2.79. The third kappa shape index (κ3) is 6.87. The molecule has 6 heteroatoms. The van der Waals surface area contributed by atoms with Gasteiger partial charge >= 0.3 is 0 Å². The molecule has 0 radical (unpaired) electrons. The van der Waals surface area contributed by atoms with E-state index in [0.717, 1.165) is 10.6 Å². The van der Waals surface area contributed by atoms with Crippen LogP contribution in [-0.4, -0.2) is 30.2 Å². The zero-order valence-corrected chi connectivity index (χ0v) is 14.1. The Morgan fingerprint density at radius 1 is 1.24 bits per heavy atom. The van der Waals surface area contributed by atoms with E-state index in [9.17, 15) is 9.59 Å². The van der Waals surface area contributed by atoms with E-state index in [1.807, 2.05) is 38.1 Å². The van der Waals surface area contributed by atoms with Crippen molar-refractivity contribution in [2.75, 3.05) is 12.3 Å². The lowest BCUT2D eigenvalue weighted by atomic mass is 10.0. The van der Waals surface area contributed by atoms with E-state index in [2.05, 4.69) is 10.6 Å². The highest BCUT2D eigenvalue weighted by atomic mass is 35.5. The van der Waals surface area contributed by atoms with Crippen molar-refractivity contribution in [3.63, 3.8) is 0 Å². The molecular formula is C15H21ClN2O2S. The highest BCUT2D eigenvalue weighted by molar-refractivity contribution is 7.99. The minimum Gasteiger partial charge on any atom is -0.353 e. The molecule has 21 heavy (non-hydrogen) atoms. The first kappa shape index (κ1) is 17.9. The molecule has 1 aromatic carbocycles. The van der Waals surface area contributed by atoms with Crippen LogP contribution in [0.4, 0.5) is 0 Å². The van der Waals surface area contributed by atoms with Crippen LogP contribution >= 0.6 is 23.4 Å². The van der Waals surface area contributed by atoms with Crippen LogP contribution in [-0.2, 0) is 9.59 Å². The summed E-state index contributed by atoms with van der Waals surface area (Å²) in [6, 6.07) is 7.09. The summed E-state index contributed by atoms with van der Waals surface area (Å²) in [6.45, 7) is 5.78. The summed E-state index contributed by atoms with van der Waals surface area (Å²) in [5, 5.41) is 6.23. The number of benzene rings is 1. The molecule has 0 aliphatic carbocycles. The van der Waals surface area contributed by atoms with Gasteiger partial charge < -0.3 is 10.6 Å². The quantitative estimate of drug-likeness (QED) is 0.597. The fourth-order valence-electron chi connectivity index (χ4n) is 1.74. The Kier molecular flexibility index (Phi) is 7.61. The van der Waals surface area contributed by atoms with Gasteiger partial charge in [-0.2, -0.15) is 0 Å². The van der Waals surface area contributed by atoms with Crippen molar-refractivity contribution in [2.45, 2.75) is 31.7 Å². The highest BCUT2D eigenvalue weighted by Gasteiger charge is 2.22. The van der Waals surface area contributed by atoms with Gasteiger partial charge in [0.1, 0.15) is 6.04 Å². The maximum absolute atomic E-state index is 12.0. The average molecular weight is 329 g/mol. The zero-order chi connectivity index (χ0) is 15.8. The normalized spacial score (nSPS) is 12.0. The predicted molar refractivity (Wildman–Crippen MR) is 87.6 cm³/mol. The third-order valence-corrected chi connectivity index (χ3v) is 4.06. The average Bonchev–Trinajstić information content (AvgIpc) is 2.42. The van der Waals surface area contributed by atoms with Crippen LogP contribution < -0.4 is 10.6 Å². The van der Waals surface area contributed by atoms with E-state index in [4.69, 9.17) is 11.6 Å². The van der Waals surface area contributed by atoms with Crippen molar-refractivity contribution in [2.24, 2.45) is 5.92 Å². The van der Waals surface area contributed by atoms with Gasteiger partial charge in [0.15, 0.2) is 0 Å². The van der Waals surface area contributed by atoms with Gasteiger partial charge in [0.25, 0.3) is 0 Å². The number of hydrogen-bond donors (Lipinski definition) is 2. The molecule has 0 fully saturated rings. The van der Waals surface area contributed by atoms with Crippen LogP contribution in [0.3, 0.4) is 0 Å². The lowest BCUT2D eigenvalue weighted by Gasteiger charge is -2.20. The van der Waals surface area contributed by atoms with Crippen LogP contribution in [0.25, 0.3) is 0 Å². The van der Waals surface area contributed by atoms with E-state index in [1.54, 1.807) is 11.8 Å². The molecule has 0 aliphatic heterocycles. The number of nitrogens with one attached hydrogen (secondary N) is 2. The Hall–Kier alpha value is -1.20. The van der Waals surface area contributed by atoms with Crippen LogP contribution in [0.1, 0.15) is 20.8 Å². The van der Waals surface area contributed by atoms with Crippen LogP contribution in [0, 0.1) is 5.92 Å². The fourth-order valence-corrected chi connectivity index (χ4v) is 2.63. The van der Waals surface area contributed by atoms with Crippen molar-refractivity contribution in [3.8, 4) is 0 Å². The summed E-state index contributed by atoms with van der Waals surface area (Å²) in [4.78, 5) is 24.2. The van der Waals surface area contributed by atoms with Gasteiger partial charge in [-0.15, -0.1) is 11.8 Å². The molecule has 1 unspecified atom stereocenters. The molecule has 0 heterocycles. The molecule has 2 N–H and O–H groups in total. The van der Waals surface area contributed by atoms with Crippen LogP contribution in [0.15, 0.2) is 29.2 Å². The molecule has 1 aromatic rings. The van der Waals surface area contributed by atoms with Crippen molar-refractivity contribution >= 4 is 35.2 Å². The molecule has 2 amide bonds. The molecule has 0 aliphatic rings. The minimum absolute atomic E-state index is 0.0535.